The van der Waals surface area contributed by atoms with E-state index >= 15 is 0 Å². The molecule has 1 atom stereocenters. The lowest BCUT2D eigenvalue weighted by Gasteiger charge is -2.42. The molecular formula is C19H23N7O. The van der Waals surface area contributed by atoms with Gasteiger partial charge < -0.3 is 9.80 Å². The number of pyridine rings is 1. The summed E-state index contributed by atoms with van der Waals surface area (Å²) in [6.07, 6.45) is 7.18. The first-order valence-electron chi connectivity index (χ1n) is 9.31. The Hall–Kier alpha value is -2.92. The van der Waals surface area contributed by atoms with Crippen LogP contribution in [0, 0.1) is 11.3 Å². The molecule has 8 nitrogen and oxygen atoms in total. The SMILES string of the molecule is Cn1cc(N2CCCC(N3CCN(c4ccc(C#N)cn4)CC3)C2=O)cn1. The van der Waals surface area contributed by atoms with E-state index in [4.69, 9.17) is 5.26 Å². The van der Waals surface area contributed by atoms with Crippen molar-refractivity contribution >= 4 is 17.4 Å². The van der Waals surface area contributed by atoms with Gasteiger partial charge in [-0.05, 0) is 25.0 Å². The van der Waals surface area contributed by atoms with Crippen molar-refractivity contribution in [3.63, 3.8) is 0 Å². The predicted octanol–water partition coefficient (Wildman–Crippen LogP) is 1.00. The van der Waals surface area contributed by atoms with Gasteiger partial charge in [-0.3, -0.25) is 14.4 Å². The van der Waals surface area contributed by atoms with Crippen LogP contribution in [-0.4, -0.2) is 64.3 Å². The van der Waals surface area contributed by atoms with Crippen LogP contribution in [0.15, 0.2) is 30.7 Å². The lowest BCUT2D eigenvalue weighted by Crippen LogP contribution is -2.58. The molecule has 0 N–H and O–H groups in total. The van der Waals surface area contributed by atoms with Crippen LogP contribution < -0.4 is 9.80 Å². The van der Waals surface area contributed by atoms with Crippen LogP contribution in [0.1, 0.15) is 18.4 Å². The number of carbonyl (C=O) groups excluding carboxylic acids is 1. The summed E-state index contributed by atoms with van der Waals surface area (Å²) in [6, 6.07) is 5.72. The van der Waals surface area contributed by atoms with Gasteiger partial charge in [-0.25, -0.2) is 4.98 Å². The molecule has 2 aliphatic rings. The van der Waals surface area contributed by atoms with Crippen LogP contribution in [0.4, 0.5) is 11.5 Å². The minimum absolute atomic E-state index is 0.0602. The second kappa shape index (κ2) is 7.37. The van der Waals surface area contributed by atoms with Crippen LogP contribution >= 0.6 is 0 Å². The summed E-state index contributed by atoms with van der Waals surface area (Å²) in [6.45, 7) is 4.08. The highest BCUT2D eigenvalue weighted by molar-refractivity contribution is 5.97. The molecule has 2 saturated heterocycles. The molecule has 2 fully saturated rings. The Morgan fingerprint density at radius 1 is 1.15 bits per heavy atom. The number of aromatic nitrogens is 3. The second-order valence-electron chi connectivity index (χ2n) is 7.06. The number of carbonyl (C=O) groups is 1. The Balaban J connectivity index is 1.40. The molecule has 1 amide bonds. The van der Waals surface area contributed by atoms with Gasteiger partial charge in [0, 0.05) is 52.2 Å². The van der Waals surface area contributed by atoms with Crippen LogP contribution in [0.3, 0.4) is 0 Å². The molecule has 1 unspecified atom stereocenters. The van der Waals surface area contributed by atoms with Crippen molar-refractivity contribution in [3.05, 3.63) is 36.3 Å². The zero-order valence-electron chi connectivity index (χ0n) is 15.5. The van der Waals surface area contributed by atoms with E-state index < -0.39 is 0 Å². The number of hydrogen-bond acceptors (Lipinski definition) is 6. The molecule has 0 spiro atoms. The minimum Gasteiger partial charge on any atom is -0.354 e. The number of anilines is 2. The standard InChI is InChI=1S/C19H23N7O/c1-23-14-16(13-22-23)26-6-2-3-17(19(26)27)24-7-9-25(10-8-24)18-5-4-15(11-20)12-21-18/h4-5,12-14,17H,2-3,6-10H2,1H3. The van der Waals surface area contributed by atoms with E-state index in [0.29, 0.717) is 5.56 Å². The second-order valence-corrected chi connectivity index (χ2v) is 7.06. The van der Waals surface area contributed by atoms with Crippen LogP contribution in [-0.2, 0) is 11.8 Å². The molecule has 2 aliphatic heterocycles. The molecule has 2 aromatic heterocycles. The minimum atomic E-state index is -0.0602. The van der Waals surface area contributed by atoms with E-state index in [1.807, 2.05) is 24.2 Å². The first kappa shape index (κ1) is 17.5. The van der Waals surface area contributed by atoms with Gasteiger partial charge in [-0.2, -0.15) is 10.4 Å². The van der Waals surface area contributed by atoms with Crippen LogP contribution in [0.2, 0.25) is 0 Å². The Kier molecular flexibility index (Phi) is 4.77. The highest BCUT2D eigenvalue weighted by atomic mass is 16.2. The lowest BCUT2D eigenvalue weighted by molar-refractivity contribution is -0.125. The first-order valence-corrected chi connectivity index (χ1v) is 9.31. The molecule has 0 saturated carbocycles. The van der Waals surface area contributed by atoms with E-state index in [9.17, 15) is 4.79 Å². The molecule has 140 valence electrons. The summed E-state index contributed by atoms with van der Waals surface area (Å²) in [4.78, 5) is 23.8. The predicted molar refractivity (Wildman–Crippen MR) is 101 cm³/mol. The number of aryl methyl sites for hydroxylation is 1. The quantitative estimate of drug-likeness (QED) is 0.807. The molecular weight excluding hydrogens is 342 g/mol. The monoisotopic (exact) mass is 365 g/mol. The third-order valence-electron chi connectivity index (χ3n) is 5.37. The van der Waals surface area contributed by atoms with Crippen molar-refractivity contribution < 1.29 is 4.79 Å². The van der Waals surface area contributed by atoms with Gasteiger partial charge in [-0.15, -0.1) is 0 Å². The Morgan fingerprint density at radius 3 is 2.59 bits per heavy atom. The molecule has 0 radical (unpaired) electrons. The number of amides is 1. The van der Waals surface area contributed by atoms with Crippen molar-refractivity contribution in [2.24, 2.45) is 7.05 Å². The fourth-order valence-electron chi connectivity index (χ4n) is 3.90. The van der Waals surface area contributed by atoms with Crippen molar-refractivity contribution in [2.45, 2.75) is 18.9 Å². The topological polar surface area (TPSA) is 81.3 Å². The third kappa shape index (κ3) is 3.51. The van der Waals surface area contributed by atoms with Crippen molar-refractivity contribution in [1.29, 1.82) is 5.26 Å². The number of piperidine rings is 1. The van der Waals surface area contributed by atoms with Crippen molar-refractivity contribution in [1.82, 2.24) is 19.7 Å². The molecule has 4 rings (SSSR count). The average Bonchev–Trinajstić information content (AvgIpc) is 3.14. The molecule has 0 aromatic carbocycles. The van der Waals surface area contributed by atoms with E-state index in [0.717, 1.165) is 57.1 Å². The average molecular weight is 365 g/mol. The Bertz CT molecular complexity index is 846. The molecule has 27 heavy (non-hydrogen) atoms. The molecule has 4 heterocycles. The van der Waals surface area contributed by atoms with Crippen molar-refractivity contribution in [2.75, 3.05) is 42.5 Å². The molecule has 0 aliphatic carbocycles. The Morgan fingerprint density at radius 2 is 1.96 bits per heavy atom. The largest absolute Gasteiger partial charge is 0.354 e. The number of rotatable bonds is 3. The number of nitriles is 1. The van der Waals surface area contributed by atoms with Gasteiger partial charge in [0.05, 0.1) is 23.5 Å². The van der Waals surface area contributed by atoms with Gasteiger partial charge in [0.15, 0.2) is 0 Å². The van der Waals surface area contributed by atoms with E-state index in [1.54, 1.807) is 23.1 Å². The van der Waals surface area contributed by atoms with E-state index in [1.165, 1.54) is 0 Å². The van der Waals surface area contributed by atoms with E-state index in [-0.39, 0.29) is 11.9 Å². The van der Waals surface area contributed by atoms with Gasteiger partial charge >= 0.3 is 0 Å². The van der Waals surface area contributed by atoms with Crippen LogP contribution in [0.5, 0.6) is 0 Å². The first-order chi connectivity index (χ1) is 13.2. The van der Waals surface area contributed by atoms with Crippen LogP contribution in [0.25, 0.3) is 0 Å². The summed E-state index contributed by atoms with van der Waals surface area (Å²) >= 11 is 0. The zero-order chi connectivity index (χ0) is 18.8. The summed E-state index contributed by atoms with van der Waals surface area (Å²) < 4.78 is 1.73. The summed E-state index contributed by atoms with van der Waals surface area (Å²) in [5, 5.41) is 13.1. The fourth-order valence-corrected chi connectivity index (χ4v) is 3.90. The normalized spacial score (nSPS) is 21.3. The molecule has 8 heteroatoms. The van der Waals surface area contributed by atoms with E-state index in [2.05, 4.69) is 26.0 Å². The number of hydrogen-bond donors (Lipinski definition) is 0. The molecule has 0 bridgehead atoms. The number of nitrogens with zero attached hydrogens (tertiary/aromatic N) is 7. The lowest BCUT2D eigenvalue weighted by atomic mass is 10.0. The zero-order valence-corrected chi connectivity index (χ0v) is 15.5. The van der Waals surface area contributed by atoms with Gasteiger partial charge in [-0.1, -0.05) is 0 Å². The summed E-state index contributed by atoms with van der Waals surface area (Å²) in [5.41, 5.74) is 1.45. The third-order valence-corrected chi connectivity index (χ3v) is 5.37. The maximum absolute atomic E-state index is 13.0. The van der Waals surface area contributed by atoms with Gasteiger partial charge in [0.2, 0.25) is 5.91 Å². The highest BCUT2D eigenvalue weighted by Gasteiger charge is 2.35. The fraction of sp³-hybridized carbons (Fsp3) is 0.474. The maximum atomic E-state index is 13.0. The Labute approximate surface area is 158 Å². The smallest absolute Gasteiger partial charge is 0.244 e. The highest BCUT2D eigenvalue weighted by Crippen LogP contribution is 2.25. The summed E-state index contributed by atoms with van der Waals surface area (Å²) in [7, 11) is 1.87. The number of piperazine rings is 1. The maximum Gasteiger partial charge on any atom is 0.244 e. The van der Waals surface area contributed by atoms with Crippen molar-refractivity contribution in [3.8, 4) is 6.07 Å². The van der Waals surface area contributed by atoms with Gasteiger partial charge in [0.25, 0.3) is 0 Å². The molecule has 2 aromatic rings. The summed E-state index contributed by atoms with van der Waals surface area (Å²) in [5.74, 6) is 1.07. The van der Waals surface area contributed by atoms with Gasteiger partial charge in [0.1, 0.15) is 11.9 Å².